The smallest absolute Gasteiger partial charge is 0.274 e. The molecule has 1 unspecified atom stereocenters. The summed E-state index contributed by atoms with van der Waals surface area (Å²) in [5.41, 5.74) is 2.48. The van der Waals surface area contributed by atoms with E-state index in [1.54, 1.807) is 6.20 Å². The first-order chi connectivity index (χ1) is 9.18. The number of hydrogen-bond acceptors (Lipinski definition) is 2. The summed E-state index contributed by atoms with van der Waals surface area (Å²) in [7, 11) is 0. The summed E-state index contributed by atoms with van der Waals surface area (Å²) in [5.74, 6) is 1.04. The highest BCUT2D eigenvalue weighted by Gasteiger charge is 2.17. The van der Waals surface area contributed by atoms with Crippen LogP contribution in [0.15, 0.2) is 47.5 Å². The van der Waals surface area contributed by atoms with Crippen LogP contribution in [-0.2, 0) is 0 Å². The molecule has 0 saturated heterocycles. The van der Waals surface area contributed by atoms with Crippen molar-refractivity contribution < 1.29 is 0 Å². The van der Waals surface area contributed by atoms with Gasteiger partial charge in [0.1, 0.15) is 11.3 Å². The molecule has 0 spiro atoms. The fraction of sp³-hybridized carbons (Fsp3) is 0.200. The van der Waals surface area contributed by atoms with Crippen LogP contribution in [0.2, 0.25) is 0 Å². The summed E-state index contributed by atoms with van der Waals surface area (Å²) in [6, 6.07) is 10.2. The molecule has 1 N–H and O–H groups in total. The number of aromatic nitrogens is 3. The maximum Gasteiger partial charge on any atom is 0.274 e. The van der Waals surface area contributed by atoms with Gasteiger partial charge in [-0.1, -0.05) is 37.3 Å². The van der Waals surface area contributed by atoms with E-state index in [1.807, 2.05) is 35.7 Å². The summed E-state index contributed by atoms with van der Waals surface area (Å²) >= 11 is 0. The van der Waals surface area contributed by atoms with Gasteiger partial charge in [0, 0.05) is 18.3 Å². The monoisotopic (exact) mass is 253 g/mol. The van der Waals surface area contributed by atoms with E-state index in [2.05, 4.69) is 29.0 Å². The van der Waals surface area contributed by atoms with Crippen molar-refractivity contribution in [3.63, 3.8) is 0 Å². The lowest BCUT2D eigenvalue weighted by atomic mass is 10.0. The second-order valence-corrected chi connectivity index (χ2v) is 4.70. The Hall–Kier alpha value is -2.36. The average molecular weight is 253 g/mol. The number of H-pyrrole nitrogens is 1. The highest BCUT2D eigenvalue weighted by Crippen LogP contribution is 2.24. The predicted molar refractivity (Wildman–Crippen MR) is 74.5 cm³/mol. The molecule has 2 heterocycles. The third-order valence-corrected chi connectivity index (χ3v) is 3.45. The van der Waals surface area contributed by atoms with E-state index in [0.29, 0.717) is 5.52 Å². The molecule has 0 bridgehead atoms. The Morgan fingerprint density at radius 1 is 1.26 bits per heavy atom. The van der Waals surface area contributed by atoms with E-state index in [1.165, 1.54) is 5.56 Å². The van der Waals surface area contributed by atoms with Gasteiger partial charge in [-0.2, -0.15) is 0 Å². The van der Waals surface area contributed by atoms with E-state index in [-0.39, 0.29) is 11.5 Å². The van der Waals surface area contributed by atoms with Gasteiger partial charge in [-0.3, -0.25) is 9.20 Å². The fourth-order valence-electron chi connectivity index (χ4n) is 2.44. The number of aromatic amines is 1. The molecule has 0 aliphatic rings. The maximum atomic E-state index is 11.9. The van der Waals surface area contributed by atoms with Gasteiger partial charge in [0.2, 0.25) is 0 Å². The number of aryl methyl sites for hydroxylation is 1. The number of hydrogen-bond donors (Lipinski definition) is 1. The summed E-state index contributed by atoms with van der Waals surface area (Å²) in [4.78, 5) is 19.1. The largest absolute Gasteiger partial charge is 0.326 e. The van der Waals surface area contributed by atoms with Gasteiger partial charge in [0.25, 0.3) is 5.56 Å². The molecule has 96 valence electrons. The molecule has 0 fully saturated rings. The third-order valence-electron chi connectivity index (χ3n) is 3.45. The molecular formula is C15H15N3O. The quantitative estimate of drug-likeness (QED) is 0.762. The highest BCUT2D eigenvalue weighted by atomic mass is 16.1. The first-order valence-electron chi connectivity index (χ1n) is 6.29. The number of fused-ring (bicyclic) bond motifs is 1. The Morgan fingerprint density at radius 2 is 2.00 bits per heavy atom. The highest BCUT2D eigenvalue weighted by molar-refractivity contribution is 5.51. The van der Waals surface area contributed by atoms with Crippen molar-refractivity contribution >= 4 is 5.52 Å². The summed E-state index contributed by atoms with van der Waals surface area (Å²) in [5, 5.41) is 0. The van der Waals surface area contributed by atoms with Crippen LogP contribution in [0.25, 0.3) is 5.52 Å². The Morgan fingerprint density at radius 3 is 2.74 bits per heavy atom. The summed E-state index contributed by atoms with van der Waals surface area (Å²) in [6.07, 6.45) is 3.50. The van der Waals surface area contributed by atoms with Crippen molar-refractivity contribution in [1.82, 2.24) is 14.4 Å². The zero-order chi connectivity index (χ0) is 13.4. The minimum Gasteiger partial charge on any atom is -0.326 e. The molecule has 0 amide bonds. The van der Waals surface area contributed by atoms with Gasteiger partial charge in [-0.15, -0.1) is 0 Å². The van der Waals surface area contributed by atoms with Gasteiger partial charge in [0.15, 0.2) is 0 Å². The molecule has 1 atom stereocenters. The van der Waals surface area contributed by atoms with Gasteiger partial charge in [0.05, 0.1) is 5.69 Å². The number of imidazole rings is 1. The van der Waals surface area contributed by atoms with Crippen molar-refractivity contribution in [3.05, 3.63) is 70.2 Å². The van der Waals surface area contributed by atoms with Crippen molar-refractivity contribution in [1.29, 1.82) is 0 Å². The molecule has 4 heteroatoms. The lowest BCUT2D eigenvalue weighted by Crippen LogP contribution is -2.10. The van der Waals surface area contributed by atoms with Crippen molar-refractivity contribution in [3.8, 4) is 0 Å². The fourth-order valence-corrected chi connectivity index (χ4v) is 2.44. The molecule has 4 nitrogen and oxygen atoms in total. The summed E-state index contributed by atoms with van der Waals surface area (Å²) in [6.45, 7) is 3.97. The normalized spacial score (nSPS) is 12.7. The van der Waals surface area contributed by atoms with Crippen LogP contribution in [0.4, 0.5) is 0 Å². The Kier molecular flexibility index (Phi) is 2.71. The van der Waals surface area contributed by atoms with Crippen LogP contribution in [-0.4, -0.2) is 14.4 Å². The lowest BCUT2D eigenvalue weighted by Gasteiger charge is -2.10. The van der Waals surface area contributed by atoms with Crippen molar-refractivity contribution in [2.24, 2.45) is 0 Å². The molecule has 0 aliphatic carbocycles. The molecule has 0 radical (unpaired) electrons. The minimum absolute atomic E-state index is 0.0981. The molecular weight excluding hydrogens is 238 g/mol. The predicted octanol–water partition coefficient (Wildman–Crippen LogP) is 2.48. The SMILES string of the molecule is Cc1nc(C(C)c2ccccc2)n2cc[nH]c(=O)c12. The van der Waals surface area contributed by atoms with Crippen LogP contribution in [0.1, 0.15) is 29.9 Å². The molecule has 2 aromatic heterocycles. The van der Waals surface area contributed by atoms with Crippen LogP contribution in [0, 0.1) is 6.92 Å². The second kappa shape index (κ2) is 4.39. The van der Waals surface area contributed by atoms with Crippen molar-refractivity contribution in [2.45, 2.75) is 19.8 Å². The minimum atomic E-state index is -0.0981. The number of nitrogens with one attached hydrogen (secondary N) is 1. The summed E-state index contributed by atoms with van der Waals surface area (Å²) < 4.78 is 1.88. The first-order valence-corrected chi connectivity index (χ1v) is 6.29. The van der Waals surface area contributed by atoms with Crippen LogP contribution >= 0.6 is 0 Å². The van der Waals surface area contributed by atoms with Crippen molar-refractivity contribution in [2.75, 3.05) is 0 Å². The Bertz CT molecular complexity index is 771. The molecule has 0 aliphatic heterocycles. The van der Waals surface area contributed by atoms with Gasteiger partial charge < -0.3 is 4.98 Å². The van der Waals surface area contributed by atoms with E-state index in [0.717, 1.165) is 11.5 Å². The van der Waals surface area contributed by atoms with E-state index >= 15 is 0 Å². The topological polar surface area (TPSA) is 50.2 Å². The molecule has 1 aromatic carbocycles. The first kappa shape index (κ1) is 11.7. The average Bonchev–Trinajstić information content (AvgIpc) is 2.78. The van der Waals surface area contributed by atoms with Crippen LogP contribution < -0.4 is 5.56 Å². The zero-order valence-electron chi connectivity index (χ0n) is 10.9. The maximum absolute atomic E-state index is 11.9. The number of rotatable bonds is 2. The van der Waals surface area contributed by atoms with E-state index in [4.69, 9.17) is 0 Å². The zero-order valence-corrected chi connectivity index (χ0v) is 10.9. The molecule has 19 heavy (non-hydrogen) atoms. The van der Waals surface area contributed by atoms with Crippen LogP contribution in [0.3, 0.4) is 0 Å². The van der Waals surface area contributed by atoms with E-state index in [9.17, 15) is 4.79 Å². The second-order valence-electron chi connectivity index (χ2n) is 4.70. The third kappa shape index (κ3) is 1.85. The van der Waals surface area contributed by atoms with Gasteiger partial charge in [-0.05, 0) is 12.5 Å². The van der Waals surface area contributed by atoms with E-state index < -0.39 is 0 Å². The van der Waals surface area contributed by atoms with Crippen LogP contribution in [0.5, 0.6) is 0 Å². The molecule has 0 saturated carbocycles. The molecule has 3 aromatic rings. The Labute approximate surface area is 110 Å². The number of nitrogens with zero attached hydrogens (tertiary/aromatic N) is 2. The number of benzene rings is 1. The standard InChI is InChI=1S/C15H15N3O/c1-10(12-6-4-3-5-7-12)14-17-11(2)13-15(19)16-8-9-18(13)14/h3-10H,1-2H3,(H,16,19). The molecule has 3 rings (SSSR count). The lowest BCUT2D eigenvalue weighted by molar-refractivity contribution is 0.805. The van der Waals surface area contributed by atoms with Gasteiger partial charge >= 0.3 is 0 Å². The van der Waals surface area contributed by atoms with Gasteiger partial charge in [-0.25, -0.2) is 4.98 Å². The Balaban J connectivity index is 2.22.